The van der Waals surface area contributed by atoms with E-state index in [4.69, 9.17) is 0 Å². The van der Waals surface area contributed by atoms with Gasteiger partial charge in [0.15, 0.2) is 0 Å². The molecule has 1 aromatic carbocycles. The van der Waals surface area contributed by atoms with E-state index >= 15 is 0 Å². The molecule has 0 spiro atoms. The molecule has 1 heterocycles. The number of aliphatic hydroxyl groups is 1. The van der Waals surface area contributed by atoms with E-state index < -0.39 is 5.60 Å². The van der Waals surface area contributed by atoms with Crippen molar-refractivity contribution in [3.63, 3.8) is 0 Å². The molecule has 1 nitrogen and oxygen atoms in total. The fourth-order valence-corrected chi connectivity index (χ4v) is 3.41. The van der Waals surface area contributed by atoms with Gasteiger partial charge in [-0.1, -0.05) is 45.0 Å². The van der Waals surface area contributed by atoms with E-state index in [1.807, 2.05) is 11.8 Å². The molecule has 1 aliphatic rings. The molecule has 0 amide bonds. The summed E-state index contributed by atoms with van der Waals surface area (Å²) in [6, 6.07) is 8.79. The van der Waals surface area contributed by atoms with Crippen LogP contribution in [0.4, 0.5) is 0 Å². The van der Waals surface area contributed by atoms with Crippen LogP contribution in [0.1, 0.15) is 37.8 Å². The van der Waals surface area contributed by atoms with Crippen LogP contribution in [0.3, 0.4) is 0 Å². The Morgan fingerprint density at radius 1 is 1.18 bits per heavy atom. The molecule has 1 atom stereocenters. The van der Waals surface area contributed by atoms with Gasteiger partial charge in [0.2, 0.25) is 0 Å². The maximum atomic E-state index is 10.3. The highest BCUT2D eigenvalue weighted by Crippen LogP contribution is 2.40. The minimum atomic E-state index is -0.468. The molecule has 17 heavy (non-hydrogen) atoms. The zero-order valence-electron chi connectivity index (χ0n) is 10.9. The van der Waals surface area contributed by atoms with E-state index in [1.165, 1.54) is 11.1 Å². The summed E-state index contributed by atoms with van der Waals surface area (Å²) >= 11 is 1.83. The highest BCUT2D eigenvalue weighted by molar-refractivity contribution is 8.00. The van der Waals surface area contributed by atoms with E-state index in [-0.39, 0.29) is 5.92 Å². The normalized spacial score (nSPS) is 20.1. The van der Waals surface area contributed by atoms with Crippen molar-refractivity contribution in [2.24, 2.45) is 5.92 Å². The van der Waals surface area contributed by atoms with Crippen LogP contribution in [0.2, 0.25) is 0 Å². The quantitative estimate of drug-likeness (QED) is 0.883. The Balaban J connectivity index is 2.07. The predicted molar refractivity (Wildman–Crippen MR) is 75.7 cm³/mol. The van der Waals surface area contributed by atoms with Gasteiger partial charge in [0, 0.05) is 17.4 Å². The van der Waals surface area contributed by atoms with Crippen molar-refractivity contribution >= 4 is 11.8 Å². The lowest BCUT2D eigenvalue weighted by Crippen LogP contribution is -2.47. The second-order valence-electron chi connectivity index (χ2n) is 5.66. The lowest BCUT2D eigenvalue weighted by molar-refractivity contribution is 0.0543. The van der Waals surface area contributed by atoms with E-state index in [2.05, 4.69) is 45.0 Å². The summed E-state index contributed by atoms with van der Waals surface area (Å²) in [5.41, 5.74) is 2.19. The molecule has 1 aromatic rings. The van der Waals surface area contributed by atoms with E-state index in [9.17, 15) is 5.11 Å². The molecule has 1 aliphatic heterocycles. The van der Waals surface area contributed by atoms with Gasteiger partial charge in [-0.2, -0.15) is 11.8 Å². The van der Waals surface area contributed by atoms with Gasteiger partial charge in [0.25, 0.3) is 0 Å². The van der Waals surface area contributed by atoms with Crippen molar-refractivity contribution in [2.45, 2.75) is 38.7 Å². The first-order valence-corrected chi connectivity index (χ1v) is 7.56. The molecule has 0 aromatic heterocycles. The van der Waals surface area contributed by atoms with Crippen molar-refractivity contribution in [1.29, 1.82) is 0 Å². The molecule has 0 bridgehead atoms. The summed E-state index contributed by atoms with van der Waals surface area (Å²) in [6.45, 7) is 6.62. The number of hydrogen-bond donors (Lipinski definition) is 1. The van der Waals surface area contributed by atoms with Crippen LogP contribution in [0.25, 0.3) is 0 Å². The maximum Gasteiger partial charge on any atom is 0.0893 e. The average molecular weight is 250 g/mol. The highest BCUT2D eigenvalue weighted by atomic mass is 32.2. The summed E-state index contributed by atoms with van der Waals surface area (Å²) in [5.74, 6) is 2.70. The lowest BCUT2D eigenvalue weighted by atomic mass is 9.85. The Hall–Kier alpha value is -0.470. The minimum absolute atomic E-state index is 0.247. The van der Waals surface area contributed by atoms with E-state index in [0.29, 0.717) is 5.92 Å². The smallest absolute Gasteiger partial charge is 0.0893 e. The van der Waals surface area contributed by atoms with Crippen LogP contribution in [0.15, 0.2) is 24.3 Å². The van der Waals surface area contributed by atoms with Crippen molar-refractivity contribution in [3.05, 3.63) is 35.4 Å². The van der Waals surface area contributed by atoms with E-state index in [0.717, 1.165) is 17.9 Å². The first-order valence-electron chi connectivity index (χ1n) is 6.40. The van der Waals surface area contributed by atoms with Gasteiger partial charge >= 0.3 is 0 Å². The Morgan fingerprint density at radius 2 is 1.76 bits per heavy atom. The predicted octanol–water partition coefficient (Wildman–Crippen LogP) is 3.47. The second-order valence-corrected chi connectivity index (χ2v) is 6.64. The topological polar surface area (TPSA) is 20.2 Å². The molecule has 2 heteroatoms. The Labute approximate surface area is 109 Å². The average Bonchev–Trinajstić information content (AvgIpc) is 2.25. The Bertz CT molecular complexity index is 365. The second kappa shape index (κ2) is 5.03. The molecule has 94 valence electrons. The van der Waals surface area contributed by atoms with Gasteiger partial charge in [-0.05, 0) is 23.5 Å². The third-order valence-electron chi connectivity index (χ3n) is 3.63. The highest BCUT2D eigenvalue weighted by Gasteiger charge is 2.41. The first kappa shape index (κ1) is 13.0. The largest absolute Gasteiger partial charge is 0.388 e. The Kier molecular flexibility index (Phi) is 3.84. The van der Waals surface area contributed by atoms with Gasteiger partial charge < -0.3 is 5.11 Å². The molecule has 2 rings (SSSR count). The summed E-state index contributed by atoms with van der Waals surface area (Å²) < 4.78 is 0. The number of thioether (sulfide) groups is 1. The van der Waals surface area contributed by atoms with Crippen molar-refractivity contribution < 1.29 is 5.11 Å². The zero-order valence-corrected chi connectivity index (χ0v) is 11.8. The van der Waals surface area contributed by atoms with Crippen LogP contribution in [0, 0.1) is 5.92 Å². The molecular weight excluding hydrogens is 228 g/mol. The van der Waals surface area contributed by atoms with Crippen LogP contribution in [-0.2, 0) is 6.42 Å². The monoisotopic (exact) mass is 250 g/mol. The van der Waals surface area contributed by atoms with E-state index in [1.54, 1.807) is 0 Å². The third kappa shape index (κ3) is 2.86. The van der Waals surface area contributed by atoms with Gasteiger partial charge in [0.1, 0.15) is 0 Å². The lowest BCUT2D eigenvalue weighted by Gasteiger charge is -2.41. The van der Waals surface area contributed by atoms with Gasteiger partial charge in [-0.15, -0.1) is 0 Å². The van der Waals surface area contributed by atoms with Crippen molar-refractivity contribution in [2.75, 3.05) is 11.5 Å². The van der Waals surface area contributed by atoms with Crippen LogP contribution in [-0.4, -0.2) is 22.2 Å². The van der Waals surface area contributed by atoms with Crippen LogP contribution >= 0.6 is 11.8 Å². The van der Waals surface area contributed by atoms with Gasteiger partial charge in [-0.25, -0.2) is 0 Å². The molecule has 0 saturated carbocycles. The molecule has 1 fully saturated rings. The minimum Gasteiger partial charge on any atom is -0.388 e. The molecule has 1 N–H and O–H groups in total. The van der Waals surface area contributed by atoms with Crippen molar-refractivity contribution in [3.8, 4) is 0 Å². The van der Waals surface area contributed by atoms with Gasteiger partial charge in [0.05, 0.1) is 5.60 Å². The summed E-state index contributed by atoms with van der Waals surface area (Å²) in [5, 5.41) is 10.3. The summed E-state index contributed by atoms with van der Waals surface area (Å²) in [4.78, 5) is 0. The fraction of sp³-hybridized carbons (Fsp3) is 0.600. The molecular formula is C15H22OS. The number of rotatable bonds is 4. The standard InChI is InChI=1S/C15H22OS/c1-11(2)8-13-4-6-14(7-5-13)12(3)15(16)9-17-10-15/h4-7,11-12,16H,8-10H2,1-3H3. The summed E-state index contributed by atoms with van der Waals surface area (Å²) in [7, 11) is 0. The number of hydrogen-bond acceptors (Lipinski definition) is 2. The first-order chi connectivity index (χ1) is 8.01. The Morgan fingerprint density at radius 3 is 2.18 bits per heavy atom. The molecule has 0 aliphatic carbocycles. The van der Waals surface area contributed by atoms with Crippen molar-refractivity contribution in [1.82, 2.24) is 0 Å². The fourth-order valence-electron chi connectivity index (χ4n) is 2.29. The zero-order chi connectivity index (χ0) is 12.5. The van der Waals surface area contributed by atoms with Crippen LogP contribution < -0.4 is 0 Å². The molecule has 1 saturated heterocycles. The molecule has 0 radical (unpaired) electrons. The van der Waals surface area contributed by atoms with Crippen LogP contribution in [0.5, 0.6) is 0 Å². The van der Waals surface area contributed by atoms with Gasteiger partial charge in [-0.3, -0.25) is 0 Å². The maximum absolute atomic E-state index is 10.3. The number of benzene rings is 1. The SMILES string of the molecule is CC(C)Cc1ccc(C(C)C2(O)CSC2)cc1. The third-order valence-corrected chi connectivity index (χ3v) is 5.04. The summed E-state index contributed by atoms with van der Waals surface area (Å²) in [6.07, 6.45) is 1.13. The molecule has 1 unspecified atom stereocenters.